The minimum absolute atomic E-state index is 0.168. The number of likely N-dealkylation sites (tertiary alicyclic amines) is 1. The normalized spacial score (nSPS) is 21.3. The summed E-state index contributed by atoms with van der Waals surface area (Å²) in [6.07, 6.45) is 8.19. The lowest BCUT2D eigenvalue weighted by molar-refractivity contribution is -0.125. The van der Waals surface area contributed by atoms with Crippen LogP contribution in [0.5, 0.6) is 0 Å². The van der Waals surface area contributed by atoms with Crippen molar-refractivity contribution in [1.82, 2.24) is 19.5 Å². The van der Waals surface area contributed by atoms with Crippen LogP contribution in [0.25, 0.3) is 11.7 Å². The molecule has 166 valence electrons. The summed E-state index contributed by atoms with van der Waals surface area (Å²) in [6, 6.07) is 5.04. The molecule has 0 radical (unpaired) electrons. The zero-order valence-corrected chi connectivity index (χ0v) is 17.4. The highest BCUT2D eigenvalue weighted by Crippen LogP contribution is 2.36. The van der Waals surface area contributed by atoms with Crippen LogP contribution in [0.2, 0.25) is 0 Å². The van der Waals surface area contributed by atoms with Crippen LogP contribution in [0.3, 0.4) is 0 Å². The number of aliphatic hydroxyl groups is 1. The zero-order valence-electron chi connectivity index (χ0n) is 17.4. The monoisotopic (exact) mass is 439 g/mol. The van der Waals surface area contributed by atoms with E-state index in [0.29, 0.717) is 55.1 Å². The number of hydrogen-bond acceptors (Lipinski definition) is 5. The van der Waals surface area contributed by atoms with E-state index in [9.17, 15) is 18.7 Å². The summed E-state index contributed by atoms with van der Waals surface area (Å²) >= 11 is 0. The van der Waals surface area contributed by atoms with E-state index < -0.39 is 17.7 Å². The molecule has 1 aromatic carbocycles. The summed E-state index contributed by atoms with van der Waals surface area (Å²) in [5, 5.41) is 13.9. The average molecular weight is 439 g/mol. The fraction of sp³-hybridized carbons (Fsp3) is 0.348. The molecular weight excluding hydrogens is 416 g/mol. The third-order valence-electron chi connectivity index (χ3n) is 6.13. The molecule has 2 atom stereocenters. The number of nitrogens with zero attached hydrogens (tertiary/aromatic N) is 5. The molecule has 0 spiro atoms. The first-order valence-electron chi connectivity index (χ1n) is 10.7. The molecule has 5 rings (SSSR count). The zero-order chi connectivity index (χ0) is 22.2. The van der Waals surface area contributed by atoms with Crippen molar-refractivity contribution in [2.75, 3.05) is 24.5 Å². The number of carbonyl (C=O) groups is 1. The average Bonchev–Trinajstić information content (AvgIpc) is 3.53. The van der Waals surface area contributed by atoms with Crippen molar-refractivity contribution in [3.8, 4) is 0 Å². The number of amides is 1. The Labute approximate surface area is 183 Å². The van der Waals surface area contributed by atoms with Crippen LogP contribution in [0.15, 0.2) is 42.7 Å². The summed E-state index contributed by atoms with van der Waals surface area (Å²) in [7, 11) is 0. The maximum Gasteiger partial charge on any atom is 0.246 e. The Morgan fingerprint density at radius 1 is 1.19 bits per heavy atom. The summed E-state index contributed by atoms with van der Waals surface area (Å²) in [5.74, 6) is -0.413. The molecule has 1 N–H and O–H groups in total. The standard InChI is InChI=1S/C23H23F2N5O2/c24-16-4-5-19(25)18(12-16)20-2-1-9-29(20)21-8-11-30-23(27-21)15(13-26-30)3-6-22(32)28-10-7-17(31)14-28/h3-6,8,11-13,17,20,31H,1-2,7,9-10,14H2/b6-3+/t17-,20-/m1/s1. The van der Waals surface area contributed by atoms with Crippen LogP contribution in [-0.4, -0.2) is 56.2 Å². The largest absolute Gasteiger partial charge is 0.391 e. The Morgan fingerprint density at radius 2 is 2.06 bits per heavy atom. The Balaban J connectivity index is 1.42. The van der Waals surface area contributed by atoms with Gasteiger partial charge in [0.05, 0.1) is 18.3 Å². The highest BCUT2D eigenvalue weighted by Gasteiger charge is 2.30. The number of hydrogen-bond donors (Lipinski definition) is 1. The predicted molar refractivity (Wildman–Crippen MR) is 115 cm³/mol. The highest BCUT2D eigenvalue weighted by atomic mass is 19.1. The molecule has 2 saturated heterocycles. The van der Waals surface area contributed by atoms with Gasteiger partial charge >= 0.3 is 0 Å². The van der Waals surface area contributed by atoms with Crippen LogP contribution in [-0.2, 0) is 4.79 Å². The number of aromatic nitrogens is 3. The van der Waals surface area contributed by atoms with Gasteiger partial charge in [-0.2, -0.15) is 5.10 Å². The number of halogens is 2. The number of rotatable bonds is 4. The number of β-amino-alcohol motifs (C(OH)–C–C–N with tert-alkyl or cyclic N) is 1. The van der Waals surface area contributed by atoms with Gasteiger partial charge in [-0.25, -0.2) is 18.3 Å². The predicted octanol–water partition coefficient (Wildman–Crippen LogP) is 2.96. The molecule has 4 heterocycles. The minimum atomic E-state index is -0.468. The molecule has 0 unspecified atom stereocenters. The lowest BCUT2D eigenvalue weighted by Gasteiger charge is -2.26. The molecule has 0 saturated carbocycles. The Kier molecular flexibility index (Phi) is 5.34. The van der Waals surface area contributed by atoms with Crippen molar-refractivity contribution in [2.24, 2.45) is 0 Å². The topological polar surface area (TPSA) is 74.0 Å². The molecule has 9 heteroatoms. The molecule has 0 bridgehead atoms. The van der Waals surface area contributed by atoms with Gasteiger partial charge in [0, 0.05) is 43.0 Å². The second-order valence-electron chi connectivity index (χ2n) is 8.23. The second kappa shape index (κ2) is 8.31. The quantitative estimate of drug-likeness (QED) is 0.633. The maximum absolute atomic E-state index is 14.4. The van der Waals surface area contributed by atoms with Gasteiger partial charge in [-0.15, -0.1) is 0 Å². The molecule has 2 fully saturated rings. The molecule has 2 aliphatic rings. The van der Waals surface area contributed by atoms with Gasteiger partial charge in [0.25, 0.3) is 0 Å². The van der Waals surface area contributed by atoms with Crippen molar-refractivity contribution >= 4 is 23.4 Å². The van der Waals surface area contributed by atoms with Crippen LogP contribution in [0.4, 0.5) is 14.6 Å². The van der Waals surface area contributed by atoms with Crippen molar-refractivity contribution in [3.05, 3.63) is 65.5 Å². The van der Waals surface area contributed by atoms with Gasteiger partial charge in [-0.3, -0.25) is 4.79 Å². The van der Waals surface area contributed by atoms with Crippen LogP contribution in [0.1, 0.15) is 36.4 Å². The first-order chi connectivity index (χ1) is 15.5. The fourth-order valence-electron chi connectivity index (χ4n) is 4.50. The van der Waals surface area contributed by atoms with Crippen LogP contribution >= 0.6 is 0 Å². The van der Waals surface area contributed by atoms with Crippen molar-refractivity contribution < 1.29 is 18.7 Å². The van der Waals surface area contributed by atoms with E-state index in [1.54, 1.807) is 34.0 Å². The summed E-state index contributed by atoms with van der Waals surface area (Å²) in [4.78, 5) is 20.7. The van der Waals surface area contributed by atoms with Gasteiger partial charge in [0.2, 0.25) is 5.91 Å². The van der Waals surface area contributed by atoms with Gasteiger partial charge in [0.15, 0.2) is 5.65 Å². The van der Waals surface area contributed by atoms with E-state index in [1.807, 2.05) is 4.90 Å². The van der Waals surface area contributed by atoms with E-state index in [0.717, 1.165) is 18.6 Å². The number of benzene rings is 1. The van der Waals surface area contributed by atoms with Gasteiger partial charge in [-0.1, -0.05) is 0 Å². The molecule has 2 aliphatic heterocycles. The maximum atomic E-state index is 14.4. The SMILES string of the molecule is O=C(/C=C/c1cnn2ccc(N3CCC[C@@H]3c3cc(F)ccc3F)nc12)N1CC[C@@H](O)C1. The lowest BCUT2D eigenvalue weighted by atomic mass is 10.0. The first-order valence-corrected chi connectivity index (χ1v) is 10.7. The van der Waals surface area contributed by atoms with E-state index in [-0.39, 0.29) is 11.9 Å². The van der Waals surface area contributed by atoms with E-state index in [4.69, 9.17) is 4.98 Å². The van der Waals surface area contributed by atoms with Crippen LogP contribution in [0, 0.1) is 11.6 Å². The number of aliphatic hydroxyl groups excluding tert-OH is 1. The number of anilines is 1. The second-order valence-corrected chi connectivity index (χ2v) is 8.23. The Morgan fingerprint density at radius 3 is 2.88 bits per heavy atom. The van der Waals surface area contributed by atoms with E-state index >= 15 is 0 Å². The van der Waals surface area contributed by atoms with Crippen molar-refractivity contribution in [2.45, 2.75) is 31.4 Å². The third kappa shape index (κ3) is 3.84. The van der Waals surface area contributed by atoms with Crippen LogP contribution < -0.4 is 4.90 Å². The molecular formula is C23H23F2N5O2. The minimum Gasteiger partial charge on any atom is -0.391 e. The van der Waals surface area contributed by atoms with Gasteiger partial charge < -0.3 is 14.9 Å². The summed E-state index contributed by atoms with van der Waals surface area (Å²) in [5.41, 5.74) is 1.57. The summed E-state index contributed by atoms with van der Waals surface area (Å²) < 4.78 is 29.8. The number of fused-ring (bicyclic) bond motifs is 1. The third-order valence-corrected chi connectivity index (χ3v) is 6.13. The first kappa shape index (κ1) is 20.6. The number of carbonyl (C=O) groups excluding carboxylic acids is 1. The highest BCUT2D eigenvalue weighted by molar-refractivity contribution is 5.93. The Bertz CT molecular complexity index is 1190. The molecule has 32 heavy (non-hydrogen) atoms. The summed E-state index contributed by atoms with van der Waals surface area (Å²) in [6.45, 7) is 1.56. The molecule has 1 amide bonds. The fourth-order valence-corrected chi connectivity index (χ4v) is 4.50. The molecule has 3 aromatic rings. The molecule has 2 aromatic heterocycles. The van der Waals surface area contributed by atoms with Gasteiger partial charge in [-0.05, 0) is 49.6 Å². The van der Waals surface area contributed by atoms with E-state index in [1.165, 1.54) is 12.1 Å². The van der Waals surface area contributed by atoms with Crippen molar-refractivity contribution in [3.63, 3.8) is 0 Å². The molecule has 0 aliphatic carbocycles. The lowest BCUT2D eigenvalue weighted by Crippen LogP contribution is -2.27. The van der Waals surface area contributed by atoms with Gasteiger partial charge in [0.1, 0.15) is 17.5 Å². The van der Waals surface area contributed by atoms with E-state index in [2.05, 4.69) is 5.10 Å². The molecule has 7 nitrogen and oxygen atoms in total. The Hall–Kier alpha value is -3.33. The smallest absolute Gasteiger partial charge is 0.246 e. The van der Waals surface area contributed by atoms with Crippen molar-refractivity contribution in [1.29, 1.82) is 0 Å².